The van der Waals surface area contributed by atoms with Crippen molar-refractivity contribution >= 4 is 40.3 Å². The van der Waals surface area contributed by atoms with Crippen LogP contribution in [0.25, 0.3) is 0 Å². The average molecular weight is 413 g/mol. The van der Waals surface area contributed by atoms with E-state index in [1.807, 2.05) is 24.3 Å². The Kier molecular flexibility index (Phi) is 5.53. The minimum absolute atomic E-state index is 0.154. The Hall–Kier alpha value is -1.90. The van der Waals surface area contributed by atoms with Crippen molar-refractivity contribution in [3.05, 3.63) is 46.1 Å². The van der Waals surface area contributed by atoms with Gasteiger partial charge in [-0.3, -0.25) is 14.4 Å². The Morgan fingerprint density at radius 1 is 1.41 bits per heavy atom. The van der Waals surface area contributed by atoms with Crippen LogP contribution >= 0.6 is 22.6 Å². The number of benzene rings is 1. The second kappa shape index (κ2) is 7.39. The second-order valence-electron chi connectivity index (χ2n) is 4.75. The number of carbonyl (C=O) groups excluding carboxylic acids is 3. The van der Waals surface area contributed by atoms with E-state index < -0.39 is 11.9 Å². The number of hydrogen-bond donors (Lipinski definition) is 2. The number of hydrogen-bond acceptors (Lipinski definition) is 3. The van der Waals surface area contributed by atoms with E-state index in [2.05, 4.69) is 39.8 Å². The maximum absolute atomic E-state index is 12.3. The van der Waals surface area contributed by atoms with E-state index in [4.69, 9.17) is 0 Å². The van der Waals surface area contributed by atoms with Crippen LogP contribution in [0.2, 0.25) is 0 Å². The molecule has 116 valence electrons. The van der Waals surface area contributed by atoms with Crippen molar-refractivity contribution in [2.24, 2.45) is 0 Å². The molecule has 1 aromatic carbocycles. The minimum atomic E-state index is -0.668. The van der Waals surface area contributed by atoms with E-state index in [0.717, 1.165) is 15.2 Å². The van der Waals surface area contributed by atoms with Gasteiger partial charge in [0.05, 0.1) is 6.54 Å². The fraction of sp³-hybridized carbons (Fsp3) is 0.267. The van der Waals surface area contributed by atoms with Gasteiger partial charge in [-0.05, 0) is 46.4 Å². The molecule has 6 nitrogen and oxygen atoms in total. The smallest absolute Gasteiger partial charge is 0.247 e. The van der Waals surface area contributed by atoms with Crippen molar-refractivity contribution in [1.29, 1.82) is 0 Å². The molecule has 1 aromatic rings. The molecule has 7 heteroatoms. The number of amides is 3. The molecule has 22 heavy (non-hydrogen) atoms. The van der Waals surface area contributed by atoms with Crippen molar-refractivity contribution in [2.45, 2.75) is 6.04 Å². The molecule has 0 spiro atoms. The first kappa shape index (κ1) is 16.5. The van der Waals surface area contributed by atoms with Crippen LogP contribution in [0, 0.1) is 3.57 Å². The first-order valence-electron chi connectivity index (χ1n) is 6.76. The van der Waals surface area contributed by atoms with E-state index in [-0.39, 0.29) is 18.4 Å². The highest BCUT2D eigenvalue weighted by Crippen LogP contribution is 2.24. The Labute approximate surface area is 142 Å². The van der Waals surface area contributed by atoms with Crippen LogP contribution in [-0.2, 0) is 14.4 Å². The standard InChI is InChI=1S/C15H16IN3O3/c1-2-12(20)18-9-13(21)19-8-7-17-15(22)14(19)10-3-5-11(16)6-4-10/h2-6,14H,1,7-9H2,(H,17,22)(H,18,20). The number of nitrogens with one attached hydrogen (secondary N) is 2. The van der Waals surface area contributed by atoms with E-state index in [1.165, 1.54) is 4.90 Å². The lowest BCUT2D eigenvalue weighted by molar-refractivity contribution is -0.143. The minimum Gasteiger partial charge on any atom is -0.352 e. The summed E-state index contributed by atoms with van der Waals surface area (Å²) in [4.78, 5) is 37.2. The summed E-state index contributed by atoms with van der Waals surface area (Å²) < 4.78 is 1.05. The summed E-state index contributed by atoms with van der Waals surface area (Å²) >= 11 is 2.18. The third-order valence-corrected chi connectivity index (χ3v) is 4.04. The third kappa shape index (κ3) is 3.85. The molecule has 3 amide bonds. The molecule has 2 N–H and O–H groups in total. The van der Waals surface area contributed by atoms with Crippen LogP contribution in [0.4, 0.5) is 0 Å². The summed E-state index contributed by atoms with van der Waals surface area (Å²) in [5, 5.41) is 5.21. The monoisotopic (exact) mass is 413 g/mol. The van der Waals surface area contributed by atoms with E-state index in [0.29, 0.717) is 13.1 Å². The zero-order chi connectivity index (χ0) is 16.1. The van der Waals surface area contributed by atoms with Crippen molar-refractivity contribution in [2.75, 3.05) is 19.6 Å². The van der Waals surface area contributed by atoms with Gasteiger partial charge in [-0.15, -0.1) is 0 Å². The maximum atomic E-state index is 12.3. The molecule has 1 saturated heterocycles. The highest BCUT2D eigenvalue weighted by Gasteiger charge is 2.34. The van der Waals surface area contributed by atoms with Crippen LogP contribution < -0.4 is 10.6 Å². The zero-order valence-electron chi connectivity index (χ0n) is 11.8. The molecule has 0 aliphatic carbocycles. The van der Waals surface area contributed by atoms with E-state index in [9.17, 15) is 14.4 Å². The van der Waals surface area contributed by atoms with Crippen molar-refractivity contribution in [3.63, 3.8) is 0 Å². The van der Waals surface area contributed by atoms with Gasteiger partial charge in [0.25, 0.3) is 0 Å². The van der Waals surface area contributed by atoms with Gasteiger partial charge in [0.2, 0.25) is 17.7 Å². The summed E-state index contributed by atoms with van der Waals surface area (Å²) in [6.45, 7) is 3.99. The Balaban J connectivity index is 2.17. The van der Waals surface area contributed by atoms with Gasteiger partial charge in [-0.25, -0.2) is 0 Å². The fourth-order valence-corrected chi connectivity index (χ4v) is 2.61. The normalized spacial score (nSPS) is 17.6. The van der Waals surface area contributed by atoms with Crippen molar-refractivity contribution < 1.29 is 14.4 Å². The molecule has 1 heterocycles. The quantitative estimate of drug-likeness (QED) is 0.561. The third-order valence-electron chi connectivity index (χ3n) is 3.32. The van der Waals surface area contributed by atoms with Crippen LogP contribution in [0.3, 0.4) is 0 Å². The fourth-order valence-electron chi connectivity index (χ4n) is 2.25. The molecule has 2 rings (SSSR count). The van der Waals surface area contributed by atoms with Crippen LogP contribution in [0.15, 0.2) is 36.9 Å². The average Bonchev–Trinajstić information content (AvgIpc) is 2.53. The number of halogens is 1. The Morgan fingerprint density at radius 2 is 2.09 bits per heavy atom. The van der Waals surface area contributed by atoms with E-state index in [1.54, 1.807) is 0 Å². The Morgan fingerprint density at radius 3 is 2.73 bits per heavy atom. The van der Waals surface area contributed by atoms with Gasteiger partial charge in [0.15, 0.2) is 0 Å². The highest BCUT2D eigenvalue weighted by atomic mass is 127. The van der Waals surface area contributed by atoms with Crippen LogP contribution in [-0.4, -0.2) is 42.3 Å². The van der Waals surface area contributed by atoms with Crippen LogP contribution in [0.1, 0.15) is 11.6 Å². The van der Waals surface area contributed by atoms with Gasteiger partial charge in [-0.1, -0.05) is 18.7 Å². The van der Waals surface area contributed by atoms with Crippen LogP contribution in [0.5, 0.6) is 0 Å². The molecule has 1 unspecified atom stereocenters. The molecular weight excluding hydrogens is 397 g/mol. The lowest BCUT2D eigenvalue weighted by atomic mass is 10.0. The topological polar surface area (TPSA) is 78.5 Å². The molecule has 0 aromatic heterocycles. The first-order valence-corrected chi connectivity index (χ1v) is 7.83. The van der Waals surface area contributed by atoms with Gasteiger partial charge in [-0.2, -0.15) is 0 Å². The first-order chi connectivity index (χ1) is 10.5. The predicted molar refractivity (Wildman–Crippen MR) is 89.8 cm³/mol. The van der Waals surface area contributed by atoms with E-state index >= 15 is 0 Å². The molecule has 1 aliphatic heterocycles. The Bertz CT molecular complexity index is 601. The van der Waals surface area contributed by atoms with Gasteiger partial charge in [0, 0.05) is 16.7 Å². The number of carbonyl (C=O) groups is 3. The zero-order valence-corrected chi connectivity index (χ0v) is 14.0. The second-order valence-corrected chi connectivity index (χ2v) is 6.00. The summed E-state index contributed by atoms with van der Waals surface area (Å²) in [5.41, 5.74) is 0.751. The number of piperazine rings is 1. The van der Waals surface area contributed by atoms with Crippen molar-refractivity contribution in [1.82, 2.24) is 15.5 Å². The largest absolute Gasteiger partial charge is 0.352 e. The van der Waals surface area contributed by atoms with Gasteiger partial charge < -0.3 is 15.5 Å². The molecule has 0 radical (unpaired) electrons. The van der Waals surface area contributed by atoms with Gasteiger partial charge >= 0.3 is 0 Å². The summed E-state index contributed by atoms with van der Waals surface area (Å²) in [5.74, 6) is -0.926. The lowest BCUT2D eigenvalue weighted by Gasteiger charge is -2.35. The maximum Gasteiger partial charge on any atom is 0.247 e. The summed E-state index contributed by atoms with van der Waals surface area (Å²) in [6, 6.07) is 6.78. The summed E-state index contributed by atoms with van der Waals surface area (Å²) in [6.07, 6.45) is 1.10. The van der Waals surface area contributed by atoms with Crippen molar-refractivity contribution in [3.8, 4) is 0 Å². The number of rotatable bonds is 4. The lowest BCUT2D eigenvalue weighted by Crippen LogP contribution is -2.54. The van der Waals surface area contributed by atoms with Gasteiger partial charge in [0.1, 0.15) is 6.04 Å². The summed E-state index contributed by atoms with van der Waals surface area (Å²) in [7, 11) is 0. The molecule has 0 bridgehead atoms. The molecule has 1 aliphatic rings. The SMILES string of the molecule is C=CC(=O)NCC(=O)N1CCNC(=O)C1c1ccc(I)cc1. The predicted octanol–water partition coefficient (Wildman–Crippen LogP) is 0.593. The molecule has 1 atom stereocenters. The highest BCUT2D eigenvalue weighted by molar-refractivity contribution is 14.1. The number of nitrogens with zero attached hydrogens (tertiary/aromatic N) is 1. The molecule has 0 saturated carbocycles. The molecular formula is C15H16IN3O3. The molecule has 1 fully saturated rings.